The van der Waals surface area contributed by atoms with Gasteiger partial charge in [-0.05, 0) is 50.1 Å². The van der Waals surface area contributed by atoms with Crippen LogP contribution in [0.5, 0.6) is 0 Å². The summed E-state index contributed by atoms with van der Waals surface area (Å²) in [5.41, 5.74) is 2.30. The summed E-state index contributed by atoms with van der Waals surface area (Å²) in [5.74, 6) is 0. The molecule has 0 bridgehead atoms. The van der Waals surface area contributed by atoms with Crippen molar-refractivity contribution in [3.8, 4) is 0 Å². The van der Waals surface area contributed by atoms with Crippen LogP contribution < -0.4 is 5.32 Å². The maximum Gasteiger partial charge on any atom is 0.150 e. The van der Waals surface area contributed by atoms with Gasteiger partial charge in [0.05, 0.1) is 16.3 Å². The molecule has 1 saturated carbocycles. The number of benzene rings is 1. The highest BCUT2D eigenvalue weighted by molar-refractivity contribution is 8.00. The maximum absolute atomic E-state index is 5.50. The summed E-state index contributed by atoms with van der Waals surface area (Å²) in [5, 5.41) is 3.66. The van der Waals surface area contributed by atoms with Gasteiger partial charge in [-0.2, -0.15) is 0 Å². The molecule has 1 aromatic heterocycles. The van der Waals surface area contributed by atoms with E-state index in [1.54, 1.807) is 23.1 Å². The van der Waals surface area contributed by atoms with E-state index < -0.39 is 0 Å². The third-order valence-corrected chi connectivity index (χ3v) is 5.88. The van der Waals surface area contributed by atoms with Crippen molar-refractivity contribution in [3.05, 3.63) is 18.2 Å². The molecule has 1 N–H and O–H groups in total. The normalized spacial score (nSPS) is 23.1. The van der Waals surface area contributed by atoms with E-state index >= 15 is 0 Å². The predicted octanol–water partition coefficient (Wildman–Crippen LogP) is 4.39. The number of aromatic nitrogens is 1. The van der Waals surface area contributed by atoms with E-state index in [-0.39, 0.29) is 0 Å². The molecule has 3 rings (SSSR count). The summed E-state index contributed by atoms with van der Waals surface area (Å²) in [6, 6.07) is 7.01. The first kappa shape index (κ1) is 14.2. The minimum absolute atomic E-state index is 0.413. The van der Waals surface area contributed by atoms with Crippen LogP contribution in [0.15, 0.2) is 22.5 Å². The maximum atomic E-state index is 5.50. The molecule has 20 heavy (non-hydrogen) atoms. The Morgan fingerprint density at radius 3 is 3.10 bits per heavy atom. The van der Waals surface area contributed by atoms with E-state index in [1.165, 1.54) is 29.6 Å². The lowest BCUT2D eigenvalue weighted by Crippen LogP contribution is -2.30. The second kappa shape index (κ2) is 6.33. The Hall–Kier alpha value is -0.780. The van der Waals surface area contributed by atoms with Crippen molar-refractivity contribution >= 4 is 39.0 Å². The molecule has 2 aromatic rings. The van der Waals surface area contributed by atoms with Crippen molar-refractivity contribution in [1.82, 2.24) is 4.98 Å². The zero-order valence-electron chi connectivity index (χ0n) is 11.9. The van der Waals surface area contributed by atoms with Gasteiger partial charge in [0, 0.05) is 18.8 Å². The zero-order valence-corrected chi connectivity index (χ0v) is 13.5. The average Bonchev–Trinajstić information content (AvgIpc) is 2.90. The zero-order chi connectivity index (χ0) is 13.9. The molecule has 0 amide bonds. The molecule has 1 heterocycles. The van der Waals surface area contributed by atoms with Crippen molar-refractivity contribution in [3.63, 3.8) is 0 Å². The Balaban J connectivity index is 1.73. The lowest BCUT2D eigenvalue weighted by atomic mass is 9.92. The topological polar surface area (TPSA) is 34.1 Å². The second-order valence-electron chi connectivity index (χ2n) is 5.23. The predicted molar refractivity (Wildman–Crippen MR) is 88.1 cm³/mol. The highest BCUT2D eigenvalue weighted by atomic mass is 32.2. The fourth-order valence-electron chi connectivity index (χ4n) is 2.81. The quantitative estimate of drug-likeness (QED) is 0.850. The number of nitrogens with one attached hydrogen (secondary N) is 1. The molecule has 0 saturated heterocycles. The van der Waals surface area contributed by atoms with E-state index in [2.05, 4.69) is 34.8 Å². The number of nitrogens with zero attached hydrogens (tertiary/aromatic N) is 1. The summed E-state index contributed by atoms with van der Waals surface area (Å²) in [4.78, 5) is 4.58. The van der Waals surface area contributed by atoms with Gasteiger partial charge in [-0.25, -0.2) is 4.98 Å². The molecular formula is C15H20N2OS2. The van der Waals surface area contributed by atoms with Gasteiger partial charge in [0.2, 0.25) is 0 Å². The summed E-state index contributed by atoms with van der Waals surface area (Å²) >= 11 is 3.48. The number of fused-ring (bicyclic) bond motifs is 1. The number of rotatable bonds is 4. The van der Waals surface area contributed by atoms with E-state index in [9.17, 15) is 0 Å². The van der Waals surface area contributed by atoms with Gasteiger partial charge in [0.1, 0.15) is 0 Å². The SMILES string of the molecule is COC1CCCC(Nc2ccc3nc(SC)sc3c2)C1. The second-order valence-corrected chi connectivity index (χ2v) is 7.32. The van der Waals surface area contributed by atoms with Crippen LogP contribution in [0.4, 0.5) is 5.69 Å². The van der Waals surface area contributed by atoms with Crippen LogP contribution in [-0.2, 0) is 4.74 Å². The number of methoxy groups -OCH3 is 1. The third kappa shape index (κ3) is 3.10. The van der Waals surface area contributed by atoms with Gasteiger partial charge < -0.3 is 10.1 Å². The number of thioether (sulfide) groups is 1. The molecule has 1 fully saturated rings. The Morgan fingerprint density at radius 1 is 1.40 bits per heavy atom. The first-order chi connectivity index (χ1) is 9.78. The molecule has 108 valence electrons. The lowest BCUT2D eigenvalue weighted by Gasteiger charge is -2.29. The molecule has 0 spiro atoms. The minimum Gasteiger partial charge on any atom is -0.382 e. The fraction of sp³-hybridized carbons (Fsp3) is 0.533. The van der Waals surface area contributed by atoms with Gasteiger partial charge in [-0.1, -0.05) is 11.8 Å². The Morgan fingerprint density at radius 2 is 2.30 bits per heavy atom. The van der Waals surface area contributed by atoms with Crippen molar-refractivity contribution < 1.29 is 4.74 Å². The third-order valence-electron chi connectivity index (χ3n) is 3.87. The van der Waals surface area contributed by atoms with Crippen LogP contribution in [0.25, 0.3) is 10.2 Å². The Bertz CT molecular complexity index is 584. The summed E-state index contributed by atoms with van der Waals surface area (Å²) < 4.78 is 7.89. The average molecular weight is 308 g/mol. The molecule has 3 nitrogen and oxygen atoms in total. The number of ether oxygens (including phenoxy) is 1. The molecular weight excluding hydrogens is 288 g/mol. The molecule has 0 radical (unpaired) electrons. The van der Waals surface area contributed by atoms with E-state index in [0.717, 1.165) is 16.3 Å². The van der Waals surface area contributed by atoms with Crippen LogP contribution >= 0.6 is 23.1 Å². The summed E-state index contributed by atoms with van der Waals surface area (Å²) in [6.07, 6.45) is 7.26. The first-order valence-corrected chi connectivity index (χ1v) is 9.06. The van der Waals surface area contributed by atoms with E-state index in [0.29, 0.717) is 12.1 Å². The van der Waals surface area contributed by atoms with Gasteiger partial charge in [0.25, 0.3) is 0 Å². The van der Waals surface area contributed by atoms with Crippen LogP contribution in [0.2, 0.25) is 0 Å². The fourth-order valence-corrected chi connectivity index (χ4v) is 4.33. The standard InChI is InChI=1S/C15H20N2OS2/c1-18-12-5-3-4-10(8-12)16-11-6-7-13-14(9-11)20-15(17-13)19-2/h6-7,9-10,12,16H,3-5,8H2,1-2H3. The van der Waals surface area contributed by atoms with Crippen molar-refractivity contribution in [2.24, 2.45) is 0 Å². The van der Waals surface area contributed by atoms with E-state index in [1.807, 2.05) is 7.11 Å². The monoisotopic (exact) mass is 308 g/mol. The largest absolute Gasteiger partial charge is 0.382 e. The minimum atomic E-state index is 0.413. The smallest absolute Gasteiger partial charge is 0.150 e. The van der Waals surface area contributed by atoms with Gasteiger partial charge in [-0.3, -0.25) is 0 Å². The number of thiazole rings is 1. The lowest BCUT2D eigenvalue weighted by molar-refractivity contribution is 0.0669. The van der Waals surface area contributed by atoms with Gasteiger partial charge in [0.15, 0.2) is 4.34 Å². The molecule has 1 aromatic carbocycles. The summed E-state index contributed by atoms with van der Waals surface area (Å²) in [7, 11) is 1.82. The van der Waals surface area contributed by atoms with Crippen LogP contribution in [0.3, 0.4) is 0 Å². The van der Waals surface area contributed by atoms with Crippen molar-refractivity contribution in [2.75, 3.05) is 18.7 Å². The van der Waals surface area contributed by atoms with Crippen LogP contribution in [0.1, 0.15) is 25.7 Å². The Labute approximate surface area is 128 Å². The van der Waals surface area contributed by atoms with Crippen LogP contribution in [-0.4, -0.2) is 30.5 Å². The molecule has 2 unspecified atom stereocenters. The number of hydrogen-bond acceptors (Lipinski definition) is 5. The summed E-state index contributed by atoms with van der Waals surface area (Å²) in [6.45, 7) is 0. The number of hydrogen-bond donors (Lipinski definition) is 1. The molecule has 2 atom stereocenters. The van der Waals surface area contributed by atoms with Gasteiger partial charge >= 0.3 is 0 Å². The molecule has 1 aliphatic carbocycles. The van der Waals surface area contributed by atoms with E-state index in [4.69, 9.17) is 4.74 Å². The highest BCUT2D eigenvalue weighted by Crippen LogP contribution is 2.31. The van der Waals surface area contributed by atoms with Gasteiger partial charge in [-0.15, -0.1) is 11.3 Å². The van der Waals surface area contributed by atoms with Crippen molar-refractivity contribution in [1.29, 1.82) is 0 Å². The van der Waals surface area contributed by atoms with Crippen LogP contribution in [0, 0.1) is 0 Å². The highest BCUT2D eigenvalue weighted by Gasteiger charge is 2.21. The number of anilines is 1. The molecule has 5 heteroatoms. The van der Waals surface area contributed by atoms with Crippen molar-refractivity contribution in [2.45, 2.75) is 42.2 Å². The first-order valence-electron chi connectivity index (χ1n) is 7.02. The Kier molecular flexibility index (Phi) is 4.48. The molecule has 1 aliphatic rings. The molecule has 0 aliphatic heterocycles.